The Kier molecular flexibility index (Phi) is 19.9. The number of rotatable bonds is 22. The van der Waals surface area contributed by atoms with Crippen molar-refractivity contribution in [1.29, 1.82) is 0 Å². The predicted molar refractivity (Wildman–Crippen MR) is 136 cm³/mol. The molecule has 4 amide bonds. The van der Waals surface area contributed by atoms with Crippen LogP contribution in [0.1, 0.15) is 84.5 Å². The van der Waals surface area contributed by atoms with E-state index in [1.165, 1.54) is 13.8 Å². The fraction of sp³-hybridized carbons (Fsp3) is 0.826. The van der Waals surface area contributed by atoms with Crippen LogP contribution in [-0.4, -0.2) is 67.9 Å². The second-order valence-electron chi connectivity index (χ2n) is 8.58. The zero-order chi connectivity index (χ0) is 27.2. The quantitative estimate of drug-likeness (QED) is 0.103. The molecule has 0 radical (unpaired) electrons. The molecule has 0 aromatic rings. The molecular formula is C23H45N4O8P. The molecule has 13 heteroatoms. The molecule has 0 aromatic heterocycles. The number of phosphoric acid groups is 1. The molecule has 1 unspecified atom stereocenters. The predicted octanol–water partition coefficient (Wildman–Crippen LogP) is 1.91. The first-order valence-corrected chi connectivity index (χ1v) is 14.2. The van der Waals surface area contributed by atoms with Gasteiger partial charge < -0.3 is 26.2 Å². The van der Waals surface area contributed by atoms with Crippen molar-refractivity contribution in [3.8, 4) is 0 Å². The van der Waals surface area contributed by atoms with Gasteiger partial charge in [0.25, 0.3) is 0 Å². The molecule has 5 N–H and O–H groups in total. The van der Waals surface area contributed by atoms with Crippen molar-refractivity contribution in [1.82, 2.24) is 21.3 Å². The molecule has 0 heterocycles. The molecule has 0 aliphatic rings. The number of hydrogen-bond acceptors (Lipinski definition) is 7. The molecule has 0 bridgehead atoms. The van der Waals surface area contributed by atoms with Gasteiger partial charge in [0.1, 0.15) is 6.04 Å². The van der Waals surface area contributed by atoms with Crippen LogP contribution in [0, 0.1) is 0 Å². The lowest BCUT2D eigenvalue weighted by molar-refractivity contribution is -0.128. The average Bonchev–Trinajstić information content (AvgIpc) is 2.81. The summed E-state index contributed by atoms with van der Waals surface area (Å²) in [6, 6.07) is -0.622. The summed E-state index contributed by atoms with van der Waals surface area (Å²) >= 11 is 0. The highest BCUT2D eigenvalue weighted by Gasteiger charge is 2.19. The van der Waals surface area contributed by atoms with E-state index in [0.29, 0.717) is 51.7 Å². The lowest BCUT2D eigenvalue weighted by Gasteiger charge is -2.17. The topological polar surface area (TPSA) is 172 Å². The van der Waals surface area contributed by atoms with Crippen molar-refractivity contribution in [2.75, 3.05) is 33.4 Å². The Morgan fingerprint density at radius 1 is 0.778 bits per heavy atom. The summed E-state index contributed by atoms with van der Waals surface area (Å²) in [5.41, 5.74) is 0. The number of carbonyl (C=O) groups is 4. The summed E-state index contributed by atoms with van der Waals surface area (Å²) in [5.74, 6) is -0.579. The first-order valence-electron chi connectivity index (χ1n) is 12.7. The Balaban J connectivity index is 3.94. The molecule has 0 aromatic carbocycles. The maximum atomic E-state index is 12.4. The molecule has 0 fully saturated rings. The first kappa shape index (κ1) is 34.0. The third-order valence-electron chi connectivity index (χ3n) is 5.25. The molecule has 0 spiro atoms. The lowest BCUT2D eigenvalue weighted by Crippen LogP contribution is -2.46. The van der Waals surface area contributed by atoms with Crippen LogP contribution in [0.4, 0.5) is 0 Å². The van der Waals surface area contributed by atoms with Gasteiger partial charge in [0, 0.05) is 47.0 Å². The summed E-state index contributed by atoms with van der Waals surface area (Å²) < 4.78 is 20.2. The Morgan fingerprint density at radius 3 is 2.00 bits per heavy atom. The standard InChI is InChI=1S/C23H45N4O8P/c1-19(28)24-15-10-6-7-14-22(30)25-16-11-8-13-21(27-20(2)29)23(31)26-17-9-4-5-12-18-35-36(32,33)34-3/h21H,4-18H2,1-3H3,(H,24,28)(H,25,30)(H,26,31)(H,27,29)(H,32,33)/t21-/m0/s1. The Hall–Kier alpha value is -2.01. The summed E-state index contributed by atoms with van der Waals surface area (Å²) in [7, 11) is -2.81. The van der Waals surface area contributed by atoms with Gasteiger partial charge >= 0.3 is 7.82 Å². The minimum Gasteiger partial charge on any atom is -0.356 e. The number of hydrogen-bond donors (Lipinski definition) is 5. The van der Waals surface area contributed by atoms with Crippen molar-refractivity contribution in [3.05, 3.63) is 0 Å². The smallest absolute Gasteiger partial charge is 0.356 e. The molecule has 0 rings (SSSR count). The fourth-order valence-electron chi connectivity index (χ4n) is 3.30. The molecule has 0 aliphatic carbocycles. The van der Waals surface area contributed by atoms with Crippen LogP contribution in [0.25, 0.3) is 0 Å². The van der Waals surface area contributed by atoms with Crippen molar-refractivity contribution in [2.45, 2.75) is 90.5 Å². The third kappa shape index (κ3) is 21.3. The van der Waals surface area contributed by atoms with Crippen molar-refractivity contribution in [2.24, 2.45) is 0 Å². The van der Waals surface area contributed by atoms with Gasteiger partial charge in [0.15, 0.2) is 0 Å². The van der Waals surface area contributed by atoms with Crippen LogP contribution in [0.3, 0.4) is 0 Å². The summed E-state index contributed by atoms with van der Waals surface area (Å²) in [6.45, 7) is 4.57. The maximum absolute atomic E-state index is 12.4. The van der Waals surface area contributed by atoms with Gasteiger partial charge in [0.2, 0.25) is 23.6 Å². The Bertz CT molecular complexity index is 708. The highest BCUT2D eigenvalue weighted by molar-refractivity contribution is 7.47. The summed E-state index contributed by atoms with van der Waals surface area (Å²) in [4.78, 5) is 55.7. The number of nitrogens with one attached hydrogen (secondary N) is 4. The zero-order valence-corrected chi connectivity index (χ0v) is 22.8. The number of unbranched alkanes of at least 4 members (excludes halogenated alkanes) is 6. The molecule has 0 saturated heterocycles. The number of carbonyl (C=O) groups excluding carboxylic acids is 4. The van der Waals surface area contributed by atoms with Gasteiger partial charge in [-0.1, -0.05) is 19.3 Å². The Labute approximate surface area is 214 Å². The SMILES string of the molecule is COP(=O)(O)OCCCCCCNC(=O)[C@H](CCCCNC(=O)CCCCCNC(C)=O)NC(C)=O. The first-order chi connectivity index (χ1) is 17.1. The van der Waals surface area contributed by atoms with Gasteiger partial charge in [-0.25, -0.2) is 4.57 Å². The monoisotopic (exact) mass is 536 g/mol. The van der Waals surface area contributed by atoms with Crippen LogP contribution in [0.15, 0.2) is 0 Å². The second-order valence-corrected chi connectivity index (χ2v) is 10.1. The van der Waals surface area contributed by atoms with E-state index >= 15 is 0 Å². The van der Waals surface area contributed by atoms with E-state index in [1.807, 2.05) is 0 Å². The van der Waals surface area contributed by atoms with Crippen LogP contribution in [-0.2, 0) is 32.8 Å². The highest BCUT2D eigenvalue weighted by Crippen LogP contribution is 2.41. The van der Waals surface area contributed by atoms with Crippen molar-refractivity contribution in [3.63, 3.8) is 0 Å². The maximum Gasteiger partial charge on any atom is 0.471 e. The van der Waals surface area contributed by atoms with Crippen LogP contribution >= 0.6 is 7.82 Å². The second kappa shape index (κ2) is 21.1. The van der Waals surface area contributed by atoms with Gasteiger partial charge in [-0.15, -0.1) is 0 Å². The normalized spacial score (nSPS) is 13.3. The fourth-order valence-corrected chi connectivity index (χ4v) is 3.77. The van der Waals surface area contributed by atoms with E-state index in [1.54, 1.807) is 0 Å². The molecule has 36 heavy (non-hydrogen) atoms. The summed E-state index contributed by atoms with van der Waals surface area (Å²) in [6.07, 6.45) is 7.70. The Morgan fingerprint density at radius 2 is 1.36 bits per heavy atom. The minimum atomic E-state index is -3.92. The average molecular weight is 537 g/mol. The summed E-state index contributed by atoms with van der Waals surface area (Å²) in [5, 5.41) is 11.1. The molecule has 210 valence electrons. The van der Waals surface area contributed by atoms with Crippen molar-refractivity contribution >= 4 is 31.5 Å². The van der Waals surface area contributed by atoms with Crippen LogP contribution < -0.4 is 21.3 Å². The lowest BCUT2D eigenvalue weighted by atomic mass is 10.1. The minimum absolute atomic E-state index is 0.0127. The zero-order valence-electron chi connectivity index (χ0n) is 21.9. The van der Waals surface area contributed by atoms with Gasteiger partial charge in [-0.2, -0.15) is 0 Å². The van der Waals surface area contributed by atoms with Gasteiger partial charge in [-0.3, -0.25) is 28.2 Å². The third-order valence-corrected chi connectivity index (χ3v) is 6.22. The molecular weight excluding hydrogens is 491 g/mol. The van der Waals surface area contributed by atoms with Crippen LogP contribution in [0.5, 0.6) is 0 Å². The van der Waals surface area contributed by atoms with E-state index in [0.717, 1.165) is 45.6 Å². The van der Waals surface area contributed by atoms with E-state index in [4.69, 9.17) is 9.42 Å². The van der Waals surface area contributed by atoms with E-state index in [-0.39, 0.29) is 30.2 Å². The van der Waals surface area contributed by atoms with E-state index in [9.17, 15) is 23.7 Å². The molecule has 0 aliphatic heterocycles. The highest BCUT2D eigenvalue weighted by atomic mass is 31.2. The van der Waals surface area contributed by atoms with E-state index < -0.39 is 13.9 Å². The number of amides is 4. The largest absolute Gasteiger partial charge is 0.471 e. The number of phosphoric ester groups is 1. The van der Waals surface area contributed by atoms with Gasteiger partial charge in [-0.05, 0) is 44.9 Å². The van der Waals surface area contributed by atoms with Gasteiger partial charge in [0.05, 0.1) is 6.61 Å². The molecule has 2 atom stereocenters. The molecule has 0 saturated carbocycles. The van der Waals surface area contributed by atoms with Crippen molar-refractivity contribution < 1.29 is 37.7 Å². The van der Waals surface area contributed by atoms with Crippen LogP contribution in [0.2, 0.25) is 0 Å². The molecule has 12 nitrogen and oxygen atoms in total. The van der Waals surface area contributed by atoms with E-state index in [2.05, 4.69) is 25.8 Å².